The van der Waals surface area contributed by atoms with Crippen molar-refractivity contribution < 1.29 is 14.6 Å². The van der Waals surface area contributed by atoms with E-state index in [2.05, 4.69) is 4.90 Å². The van der Waals surface area contributed by atoms with Gasteiger partial charge in [-0.05, 0) is 24.3 Å². The van der Waals surface area contributed by atoms with Crippen LogP contribution in [0.1, 0.15) is 17.7 Å². The molecule has 1 saturated carbocycles. The standard InChI is InChI=1S/C12H17NO3S/c1-16-8-11(12(14)15)13(9-4-5-9)7-10-3-2-6-17-10/h2-3,6,9,11H,4-5,7-8H2,1H3,(H,14,15). The zero-order valence-electron chi connectivity index (χ0n) is 9.83. The first-order valence-corrected chi connectivity index (χ1v) is 6.60. The lowest BCUT2D eigenvalue weighted by molar-refractivity contribution is -0.146. The number of hydrogen-bond donors (Lipinski definition) is 1. The van der Waals surface area contributed by atoms with E-state index in [-0.39, 0.29) is 6.61 Å². The largest absolute Gasteiger partial charge is 0.480 e. The molecule has 0 bridgehead atoms. The highest BCUT2D eigenvalue weighted by Crippen LogP contribution is 2.31. The minimum absolute atomic E-state index is 0.247. The van der Waals surface area contributed by atoms with Crippen LogP contribution in [-0.4, -0.2) is 41.8 Å². The fraction of sp³-hybridized carbons (Fsp3) is 0.583. The number of carboxylic acid groups (broad SMARTS) is 1. The molecule has 0 amide bonds. The van der Waals surface area contributed by atoms with Crippen molar-refractivity contribution in [3.05, 3.63) is 22.4 Å². The molecule has 1 aromatic rings. The van der Waals surface area contributed by atoms with E-state index in [0.29, 0.717) is 12.6 Å². The molecular weight excluding hydrogens is 238 g/mol. The van der Waals surface area contributed by atoms with Gasteiger partial charge in [-0.2, -0.15) is 0 Å². The highest BCUT2D eigenvalue weighted by Gasteiger charge is 2.37. The summed E-state index contributed by atoms with van der Waals surface area (Å²) in [6, 6.07) is 3.92. The zero-order chi connectivity index (χ0) is 12.3. The highest BCUT2D eigenvalue weighted by atomic mass is 32.1. The van der Waals surface area contributed by atoms with Crippen LogP contribution in [-0.2, 0) is 16.1 Å². The summed E-state index contributed by atoms with van der Waals surface area (Å²) < 4.78 is 5.02. The van der Waals surface area contributed by atoms with E-state index in [1.165, 1.54) is 4.88 Å². The molecule has 1 N–H and O–H groups in total. The lowest BCUT2D eigenvalue weighted by Crippen LogP contribution is -2.45. The fourth-order valence-corrected chi connectivity index (χ4v) is 2.66. The minimum atomic E-state index is -0.796. The first-order valence-electron chi connectivity index (χ1n) is 5.72. The van der Waals surface area contributed by atoms with Crippen molar-refractivity contribution in [1.82, 2.24) is 4.90 Å². The molecule has 1 aromatic heterocycles. The van der Waals surface area contributed by atoms with E-state index in [9.17, 15) is 9.90 Å². The van der Waals surface area contributed by atoms with E-state index < -0.39 is 12.0 Å². The molecule has 17 heavy (non-hydrogen) atoms. The summed E-state index contributed by atoms with van der Waals surface area (Å²) in [6.07, 6.45) is 2.19. The normalized spacial score (nSPS) is 17.3. The number of hydrogen-bond acceptors (Lipinski definition) is 4. The predicted octanol–water partition coefficient (Wildman–Crippen LogP) is 1.81. The van der Waals surface area contributed by atoms with Crippen LogP contribution in [0.4, 0.5) is 0 Å². The second-order valence-electron chi connectivity index (χ2n) is 4.29. The Morgan fingerprint density at radius 1 is 1.71 bits per heavy atom. The van der Waals surface area contributed by atoms with Gasteiger partial charge in [0.15, 0.2) is 0 Å². The van der Waals surface area contributed by atoms with E-state index in [4.69, 9.17) is 4.74 Å². The number of methoxy groups -OCH3 is 1. The Bertz CT molecular complexity index is 362. The Hall–Kier alpha value is -0.910. The third-order valence-electron chi connectivity index (χ3n) is 2.94. The van der Waals surface area contributed by atoms with Gasteiger partial charge in [0.25, 0.3) is 0 Å². The monoisotopic (exact) mass is 255 g/mol. The van der Waals surface area contributed by atoms with Gasteiger partial charge in [0.1, 0.15) is 6.04 Å². The van der Waals surface area contributed by atoms with Crippen LogP contribution in [0.3, 0.4) is 0 Å². The average Bonchev–Trinajstić information content (AvgIpc) is 3.01. The van der Waals surface area contributed by atoms with E-state index in [1.54, 1.807) is 18.4 Å². The Labute approximate surface area is 105 Å². The Balaban J connectivity index is 2.06. The van der Waals surface area contributed by atoms with Crippen molar-refractivity contribution in [1.29, 1.82) is 0 Å². The molecule has 0 aromatic carbocycles. The second-order valence-corrected chi connectivity index (χ2v) is 5.32. The molecule has 1 aliphatic carbocycles. The van der Waals surface area contributed by atoms with E-state index >= 15 is 0 Å². The summed E-state index contributed by atoms with van der Waals surface area (Å²) in [5.41, 5.74) is 0. The Kier molecular flexibility index (Phi) is 4.15. The molecule has 0 saturated heterocycles. The van der Waals surface area contributed by atoms with Crippen molar-refractivity contribution in [2.45, 2.75) is 31.5 Å². The van der Waals surface area contributed by atoms with Crippen LogP contribution in [0.15, 0.2) is 17.5 Å². The van der Waals surface area contributed by atoms with Gasteiger partial charge >= 0.3 is 5.97 Å². The number of nitrogens with zero attached hydrogens (tertiary/aromatic N) is 1. The van der Waals surface area contributed by atoms with Gasteiger partial charge in [-0.15, -0.1) is 11.3 Å². The Morgan fingerprint density at radius 3 is 2.94 bits per heavy atom. The molecule has 5 heteroatoms. The maximum absolute atomic E-state index is 11.3. The molecule has 4 nitrogen and oxygen atoms in total. The maximum atomic E-state index is 11.3. The summed E-state index contributed by atoms with van der Waals surface area (Å²) in [5.74, 6) is -0.796. The van der Waals surface area contributed by atoms with Gasteiger partial charge in [0.2, 0.25) is 0 Å². The van der Waals surface area contributed by atoms with Crippen LogP contribution in [0.25, 0.3) is 0 Å². The van der Waals surface area contributed by atoms with Crippen LogP contribution in [0.2, 0.25) is 0 Å². The van der Waals surface area contributed by atoms with Crippen LogP contribution < -0.4 is 0 Å². The van der Waals surface area contributed by atoms with Crippen LogP contribution >= 0.6 is 11.3 Å². The summed E-state index contributed by atoms with van der Waals surface area (Å²) in [7, 11) is 1.55. The van der Waals surface area contributed by atoms with Crippen molar-refractivity contribution in [3.8, 4) is 0 Å². The minimum Gasteiger partial charge on any atom is -0.480 e. The van der Waals surface area contributed by atoms with E-state index in [0.717, 1.165) is 12.8 Å². The third-order valence-corrected chi connectivity index (χ3v) is 3.81. The number of carboxylic acids is 1. The predicted molar refractivity (Wildman–Crippen MR) is 66.2 cm³/mol. The number of thiophene rings is 1. The SMILES string of the molecule is COCC(C(=O)O)N(Cc1cccs1)C1CC1. The van der Waals surface area contributed by atoms with Gasteiger partial charge in [0.05, 0.1) is 6.61 Å². The summed E-state index contributed by atoms with van der Waals surface area (Å²) >= 11 is 1.67. The molecule has 0 radical (unpaired) electrons. The van der Waals surface area contributed by atoms with Crippen molar-refractivity contribution >= 4 is 17.3 Å². The lowest BCUT2D eigenvalue weighted by Gasteiger charge is -2.27. The molecular formula is C12H17NO3S. The summed E-state index contributed by atoms with van der Waals surface area (Å²) in [6.45, 7) is 0.958. The molecule has 1 heterocycles. The molecule has 1 atom stereocenters. The topological polar surface area (TPSA) is 49.8 Å². The molecule has 1 aliphatic rings. The first-order chi connectivity index (χ1) is 8.22. The van der Waals surface area contributed by atoms with Gasteiger partial charge in [-0.3, -0.25) is 9.69 Å². The Morgan fingerprint density at radius 2 is 2.47 bits per heavy atom. The smallest absolute Gasteiger partial charge is 0.323 e. The van der Waals surface area contributed by atoms with Gasteiger partial charge < -0.3 is 9.84 Å². The third kappa shape index (κ3) is 3.28. The van der Waals surface area contributed by atoms with Crippen LogP contribution in [0, 0.1) is 0 Å². The summed E-state index contributed by atoms with van der Waals surface area (Å²) in [5, 5.41) is 11.3. The first kappa shape index (κ1) is 12.5. The molecule has 0 aliphatic heterocycles. The molecule has 0 spiro atoms. The number of rotatable bonds is 7. The number of carbonyl (C=O) groups is 1. The molecule has 1 fully saturated rings. The number of ether oxygens (including phenoxy) is 1. The maximum Gasteiger partial charge on any atom is 0.323 e. The zero-order valence-corrected chi connectivity index (χ0v) is 10.7. The second kappa shape index (κ2) is 5.62. The van der Waals surface area contributed by atoms with Gasteiger partial charge in [-0.25, -0.2) is 0 Å². The molecule has 2 rings (SSSR count). The van der Waals surface area contributed by atoms with Crippen molar-refractivity contribution in [2.75, 3.05) is 13.7 Å². The fourth-order valence-electron chi connectivity index (χ4n) is 1.95. The van der Waals surface area contributed by atoms with Crippen molar-refractivity contribution in [2.24, 2.45) is 0 Å². The molecule has 94 valence electrons. The summed E-state index contributed by atoms with van der Waals surface area (Å²) in [4.78, 5) is 14.5. The average molecular weight is 255 g/mol. The quantitative estimate of drug-likeness (QED) is 0.807. The highest BCUT2D eigenvalue weighted by molar-refractivity contribution is 7.09. The van der Waals surface area contributed by atoms with Crippen molar-refractivity contribution in [3.63, 3.8) is 0 Å². The van der Waals surface area contributed by atoms with Crippen LogP contribution in [0.5, 0.6) is 0 Å². The van der Waals surface area contributed by atoms with Gasteiger partial charge in [0, 0.05) is 24.6 Å². The van der Waals surface area contributed by atoms with E-state index in [1.807, 2.05) is 17.5 Å². The molecule has 1 unspecified atom stereocenters. The number of aliphatic carboxylic acids is 1. The lowest BCUT2D eigenvalue weighted by atomic mass is 10.2. The van der Waals surface area contributed by atoms with Gasteiger partial charge in [-0.1, -0.05) is 6.07 Å².